The van der Waals surface area contributed by atoms with Crippen LogP contribution >= 0.6 is 31.9 Å². The van der Waals surface area contributed by atoms with Gasteiger partial charge in [0.1, 0.15) is 0 Å². The first-order valence-electron chi connectivity index (χ1n) is 3.02. The summed E-state index contributed by atoms with van der Waals surface area (Å²) in [4.78, 5) is 0. The third-order valence-corrected chi connectivity index (χ3v) is 2.43. The number of nitriles is 1. The van der Waals surface area contributed by atoms with Crippen LogP contribution in [-0.4, -0.2) is 0 Å². The highest BCUT2D eigenvalue weighted by atomic mass is 79.9. The topological polar surface area (TPSA) is 23.8 Å². The Bertz CT molecular complexity index is 301. The van der Waals surface area contributed by atoms with E-state index in [2.05, 4.69) is 37.9 Å². The molecule has 0 heterocycles. The molecule has 0 fully saturated rings. The molecule has 1 aromatic rings. The summed E-state index contributed by atoms with van der Waals surface area (Å²) < 4.78 is 1.01. The molecule has 1 nitrogen and oxygen atoms in total. The molecular weight excluding hydrogens is 270 g/mol. The summed E-state index contributed by atoms with van der Waals surface area (Å²) in [6, 6.07) is 7.73. The number of alkyl halides is 1. The van der Waals surface area contributed by atoms with Crippen molar-refractivity contribution in [3.05, 3.63) is 33.8 Å². The molecule has 1 aromatic carbocycles. The molecule has 0 N–H and O–H groups in total. The second kappa shape index (κ2) is 3.89. The predicted molar refractivity (Wildman–Crippen MR) is 51.5 cm³/mol. The number of nitrogens with zero attached hydrogens (tertiary/aromatic N) is 1. The van der Waals surface area contributed by atoms with Gasteiger partial charge in [0.05, 0.1) is 11.6 Å². The van der Waals surface area contributed by atoms with Crippen LogP contribution in [0.1, 0.15) is 11.1 Å². The van der Waals surface area contributed by atoms with E-state index in [0.29, 0.717) is 0 Å². The lowest BCUT2D eigenvalue weighted by Gasteiger charge is -1.98. The second-order valence-electron chi connectivity index (χ2n) is 2.05. The molecule has 0 radical (unpaired) electrons. The van der Waals surface area contributed by atoms with Gasteiger partial charge in [0, 0.05) is 9.80 Å². The Kier molecular flexibility index (Phi) is 3.10. The van der Waals surface area contributed by atoms with E-state index in [9.17, 15) is 0 Å². The fourth-order valence-corrected chi connectivity index (χ4v) is 1.65. The van der Waals surface area contributed by atoms with Crippen molar-refractivity contribution in [1.29, 1.82) is 5.26 Å². The molecular formula is C8H5Br2N. The first-order chi connectivity index (χ1) is 5.27. The minimum Gasteiger partial charge on any atom is -0.192 e. The fraction of sp³-hybridized carbons (Fsp3) is 0.125. The monoisotopic (exact) mass is 273 g/mol. The second-order valence-corrected chi connectivity index (χ2v) is 3.52. The van der Waals surface area contributed by atoms with Gasteiger partial charge in [-0.1, -0.05) is 31.9 Å². The molecule has 0 spiro atoms. The summed E-state index contributed by atoms with van der Waals surface area (Å²) in [5.74, 6) is 0. The number of rotatable bonds is 1. The Labute approximate surface area is 82.3 Å². The van der Waals surface area contributed by atoms with Crippen LogP contribution in [0.15, 0.2) is 22.7 Å². The summed E-state index contributed by atoms with van der Waals surface area (Å²) in [5.41, 5.74) is 1.74. The van der Waals surface area contributed by atoms with Crippen LogP contribution in [0.2, 0.25) is 0 Å². The van der Waals surface area contributed by atoms with E-state index < -0.39 is 0 Å². The van der Waals surface area contributed by atoms with Gasteiger partial charge < -0.3 is 0 Å². The summed E-state index contributed by atoms with van der Waals surface area (Å²) >= 11 is 6.65. The van der Waals surface area contributed by atoms with Crippen molar-refractivity contribution < 1.29 is 0 Å². The quantitative estimate of drug-likeness (QED) is 0.722. The van der Waals surface area contributed by atoms with Crippen molar-refractivity contribution in [3.8, 4) is 6.07 Å². The largest absolute Gasteiger partial charge is 0.192 e. The fourth-order valence-electron chi connectivity index (χ4n) is 0.782. The van der Waals surface area contributed by atoms with Crippen molar-refractivity contribution in [1.82, 2.24) is 0 Å². The maximum Gasteiger partial charge on any atom is 0.0994 e. The van der Waals surface area contributed by atoms with Crippen molar-refractivity contribution in [2.24, 2.45) is 0 Å². The van der Waals surface area contributed by atoms with Crippen LogP contribution in [0.5, 0.6) is 0 Å². The first kappa shape index (κ1) is 8.76. The van der Waals surface area contributed by atoms with Crippen molar-refractivity contribution >= 4 is 31.9 Å². The van der Waals surface area contributed by atoms with E-state index in [0.717, 1.165) is 20.9 Å². The Morgan fingerprint density at radius 1 is 1.45 bits per heavy atom. The summed E-state index contributed by atoms with van der Waals surface area (Å²) in [5, 5.41) is 9.37. The average molecular weight is 275 g/mol. The van der Waals surface area contributed by atoms with Gasteiger partial charge in [0.15, 0.2) is 0 Å². The highest BCUT2D eigenvalue weighted by Crippen LogP contribution is 2.17. The number of halogens is 2. The minimum absolute atomic E-state index is 0.718. The highest BCUT2D eigenvalue weighted by Gasteiger charge is 1.99. The summed E-state index contributed by atoms with van der Waals surface area (Å²) in [7, 11) is 0. The third kappa shape index (κ3) is 2.05. The van der Waals surface area contributed by atoms with Crippen LogP contribution in [-0.2, 0) is 5.33 Å². The van der Waals surface area contributed by atoms with E-state index >= 15 is 0 Å². The molecule has 0 saturated carbocycles. The average Bonchev–Trinajstić information content (AvgIpc) is 2.04. The van der Waals surface area contributed by atoms with Gasteiger partial charge >= 0.3 is 0 Å². The number of benzene rings is 1. The Hall–Kier alpha value is -0.330. The molecule has 0 unspecified atom stereocenters. The molecule has 1 rings (SSSR count). The maximum atomic E-state index is 8.65. The van der Waals surface area contributed by atoms with Gasteiger partial charge in [-0.2, -0.15) is 5.26 Å². The molecule has 0 saturated heterocycles. The van der Waals surface area contributed by atoms with Crippen LogP contribution in [0.25, 0.3) is 0 Å². The van der Waals surface area contributed by atoms with Crippen molar-refractivity contribution in [2.45, 2.75) is 5.33 Å². The van der Waals surface area contributed by atoms with Crippen LogP contribution in [0, 0.1) is 11.3 Å². The standard InChI is InChI=1S/C8H5Br2N/c9-4-7-3-8(10)2-1-6(7)5-11/h1-3H,4H2. The van der Waals surface area contributed by atoms with E-state index in [1.54, 1.807) is 6.07 Å². The molecule has 3 heteroatoms. The normalized spacial score (nSPS) is 9.18. The highest BCUT2D eigenvalue weighted by molar-refractivity contribution is 9.10. The summed E-state index contributed by atoms with van der Waals surface area (Å²) in [6.45, 7) is 0. The van der Waals surface area contributed by atoms with Crippen LogP contribution in [0.4, 0.5) is 0 Å². The third-order valence-electron chi connectivity index (χ3n) is 1.33. The molecule has 0 aliphatic carbocycles. The van der Waals surface area contributed by atoms with Gasteiger partial charge in [0.2, 0.25) is 0 Å². The molecule has 0 aromatic heterocycles. The zero-order valence-electron chi connectivity index (χ0n) is 5.64. The predicted octanol–water partition coefficient (Wildman–Crippen LogP) is 3.22. The zero-order chi connectivity index (χ0) is 8.27. The van der Waals surface area contributed by atoms with E-state index in [1.807, 2.05) is 12.1 Å². The SMILES string of the molecule is N#Cc1ccc(Br)cc1CBr. The molecule has 0 bridgehead atoms. The van der Waals surface area contributed by atoms with E-state index in [4.69, 9.17) is 5.26 Å². The van der Waals surface area contributed by atoms with Gasteiger partial charge in [0.25, 0.3) is 0 Å². The lowest BCUT2D eigenvalue weighted by atomic mass is 10.1. The van der Waals surface area contributed by atoms with E-state index in [1.165, 1.54) is 0 Å². The van der Waals surface area contributed by atoms with Crippen molar-refractivity contribution in [3.63, 3.8) is 0 Å². The summed E-state index contributed by atoms with van der Waals surface area (Å²) in [6.07, 6.45) is 0. The molecule has 0 amide bonds. The number of hydrogen-bond acceptors (Lipinski definition) is 1. The Morgan fingerprint density at radius 3 is 2.73 bits per heavy atom. The first-order valence-corrected chi connectivity index (χ1v) is 4.94. The van der Waals surface area contributed by atoms with Gasteiger partial charge in [-0.05, 0) is 23.8 Å². The Balaban J connectivity index is 3.19. The van der Waals surface area contributed by atoms with Crippen LogP contribution in [0.3, 0.4) is 0 Å². The zero-order valence-corrected chi connectivity index (χ0v) is 8.81. The molecule has 11 heavy (non-hydrogen) atoms. The lowest BCUT2D eigenvalue weighted by Crippen LogP contribution is -1.84. The molecule has 0 atom stereocenters. The molecule has 56 valence electrons. The molecule has 0 aliphatic rings. The van der Waals surface area contributed by atoms with E-state index in [-0.39, 0.29) is 0 Å². The van der Waals surface area contributed by atoms with Gasteiger partial charge in [-0.15, -0.1) is 0 Å². The Morgan fingerprint density at radius 2 is 2.18 bits per heavy atom. The maximum absolute atomic E-state index is 8.65. The lowest BCUT2D eigenvalue weighted by molar-refractivity contribution is 1.36. The van der Waals surface area contributed by atoms with Crippen molar-refractivity contribution in [2.75, 3.05) is 0 Å². The van der Waals surface area contributed by atoms with Gasteiger partial charge in [-0.3, -0.25) is 0 Å². The van der Waals surface area contributed by atoms with Gasteiger partial charge in [-0.25, -0.2) is 0 Å². The molecule has 0 aliphatic heterocycles. The van der Waals surface area contributed by atoms with Crippen LogP contribution < -0.4 is 0 Å². The smallest absolute Gasteiger partial charge is 0.0994 e. The minimum atomic E-state index is 0.718. The number of hydrogen-bond donors (Lipinski definition) is 0.